The summed E-state index contributed by atoms with van der Waals surface area (Å²) in [6.07, 6.45) is 8.68. The Morgan fingerprint density at radius 2 is 2.00 bits per heavy atom. The minimum absolute atomic E-state index is 0.00784. The standard InChI is InChI=1S/C28H38F2N8O2/c1-37(12-2-10-31)15-19-5-7-21(8-6-19)38-16-22(25(36-38)26(29)30)34-27(39)23-17-40-28(35-23)20-9-11-32-24(13-20)33-14-18-3-4-18/h9,11,13,16-19,21,26H,2-8,10,12,14-15,31H2,1H3,(H,32,33)(H,34,39). The lowest BCUT2D eigenvalue weighted by Gasteiger charge is -2.31. The van der Waals surface area contributed by atoms with Crippen LogP contribution in [-0.2, 0) is 0 Å². The van der Waals surface area contributed by atoms with Crippen LogP contribution in [-0.4, -0.2) is 63.8 Å². The van der Waals surface area contributed by atoms with Gasteiger partial charge in [0.05, 0.1) is 11.7 Å². The van der Waals surface area contributed by atoms with Gasteiger partial charge in [0, 0.05) is 31.0 Å². The molecule has 5 rings (SSSR count). The number of nitrogens with two attached hydrogens (primary N) is 1. The van der Waals surface area contributed by atoms with E-state index >= 15 is 0 Å². The number of halogens is 2. The van der Waals surface area contributed by atoms with Crippen LogP contribution in [0.4, 0.5) is 20.3 Å². The lowest BCUT2D eigenvalue weighted by Crippen LogP contribution is -2.30. The van der Waals surface area contributed by atoms with Gasteiger partial charge in [-0.1, -0.05) is 0 Å². The number of aromatic nitrogens is 4. The van der Waals surface area contributed by atoms with E-state index in [4.69, 9.17) is 10.2 Å². The molecule has 216 valence electrons. The predicted molar refractivity (Wildman–Crippen MR) is 148 cm³/mol. The first-order chi connectivity index (χ1) is 19.4. The van der Waals surface area contributed by atoms with Crippen molar-refractivity contribution in [3.63, 3.8) is 0 Å². The number of carbonyl (C=O) groups excluding carboxylic acids is 1. The summed E-state index contributed by atoms with van der Waals surface area (Å²) >= 11 is 0. The second-order valence-electron chi connectivity index (χ2n) is 11.0. The summed E-state index contributed by atoms with van der Waals surface area (Å²) in [5, 5.41) is 10.0. The zero-order valence-corrected chi connectivity index (χ0v) is 22.9. The number of oxazole rings is 1. The smallest absolute Gasteiger partial charge is 0.284 e. The molecule has 3 heterocycles. The first kappa shape index (κ1) is 28.2. The fourth-order valence-corrected chi connectivity index (χ4v) is 5.26. The van der Waals surface area contributed by atoms with E-state index < -0.39 is 18.0 Å². The van der Waals surface area contributed by atoms with Crippen LogP contribution in [0.2, 0.25) is 0 Å². The quantitative estimate of drug-likeness (QED) is 0.270. The van der Waals surface area contributed by atoms with Crippen molar-refractivity contribution in [2.75, 3.05) is 43.9 Å². The molecule has 0 aromatic carbocycles. The lowest BCUT2D eigenvalue weighted by atomic mass is 9.86. The molecule has 0 atom stereocenters. The van der Waals surface area contributed by atoms with Gasteiger partial charge >= 0.3 is 0 Å². The van der Waals surface area contributed by atoms with Crippen LogP contribution in [0, 0.1) is 11.8 Å². The van der Waals surface area contributed by atoms with Crippen molar-refractivity contribution in [2.24, 2.45) is 17.6 Å². The molecule has 2 aliphatic rings. The first-order valence-electron chi connectivity index (χ1n) is 14.1. The second-order valence-corrected chi connectivity index (χ2v) is 11.0. The maximum atomic E-state index is 13.9. The second kappa shape index (κ2) is 12.9. The van der Waals surface area contributed by atoms with Gasteiger partial charge in [-0.15, -0.1) is 0 Å². The SMILES string of the molecule is CN(CCCN)CC1CCC(n2cc(NC(=O)c3coc(-c4ccnc(NCC5CC5)c4)n3)c(C(F)F)n2)CC1. The Morgan fingerprint density at radius 3 is 2.73 bits per heavy atom. The Bertz CT molecular complexity index is 1270. The number of hydrogen-bond donors (Lipinski definition) is 3. The molecule has 0 radical (unpaired) electrons. The van der Waals surface area contributed by atoms with Gasteiger partial charge in [0.25, 0.3) is 12.3 Å². The van der Waals surface area contributed by atoms with Gasteiger partial charge < -0.3 is 25.7 Å². The molecule has 4 N–H and O–H groups in total. The number of rotatable bonds is 13. The van der Waals surface area contributed by atoms with Crippen molar-refractivity contribution in [3.8, 4) is 11.5 Å². The van der Waals surface area contributed by atoms with Crippen LogP contribution in [0.5, 0.6) is 0 Å². The molecule has 0 bridgehead atoms. The average Bonchev–Trinajstić information content (AvgIpc) is 3.47. The van der Waals surface area contributed by atoms with Gasteiger partial charge in [0.2, 0.25) is 5.89 Å². The summed E-state index contributed by atoms with van der Waals surface area (Å²) in [7, 11) is 2.11. The highest BCUT2D eigenvalue weighted by Crippen LogP contribution is 2.35. The Kier molecular flexibility index (Phi) is 9.05. The third kappa shape index (κ3) is 7.22. The predicted octanol–water partition coefficient (Wildman–Crippen LogP) is 4.96. The highest BCUT2D eigenvalue weighted by molar-refractivity contribution is 6.03. The molecule has 0 spiro atoms. The van der Waals surface area contributed by atoms with E-state index in [9.17, 15) is 13.6 Å². The van der Waals surface area contributed by atoms with E-state index in [2.05, 4.69) is 37.6 Å². The van der Waals surface area contributed by atoms with Crippen molar-refractivity contribution in [2.45, 2.75) is 57.4 Å². The average molecular weight is 557 g/mol. The number of pyridine rings is 1. The molecular formula is C28H38F2N8O2. The molecule has 10 nitrogen and oxygen atoms in total. The molecule has 12 heteroatoms. The summed E-state index contributed by atoms with van der Waals surface area (Å²) in [6.45, 7) is 3.53. The molecule has 2 saturated carbocycles. The summed E-state index contributed by atoms with van der Waals surface area (Å²) in [4.78, 5) is 23.8. The zero-order valence-electron chi connectivity index (χ0n) is 22.9. The molecule has 2 aliphatic carbocycles. The van der Waals surface area contributed by atoms with E-state index in [0.717, 1.165) is 51.7 Å². The van der Waals surface area contributed by atoms with E-state index in [1.54, 1.807) is 16.9 Å². The van der Waals surface area contributed by atoms with Gasteiger partial charge in [0.1, 0.15) is 12.1 Å². The van der Waals surface area contributed by atoms with Crippen LogP contribution in [0.3, 0.4) is 0 Å². The molecule has 3 aromatic rings. The summed E-state index contributed by atoms with van der Waals surface area (Å²) in [6, 6.07) is 3.56. The van der Waals surface area contributed by atoms with Crippen molar-refractivity contribution in [1.29, 1.82) is 0 Å². The zero-order chi connectivity index (χ0) is 28.1. The van der Waals surface area contributed by atoms with Gasteiger partial charge in [-0.25, -0.2) is 18.7 Å². The lowest BCUT2D eigenvalue weighted by molar-refractivity contribution is 0.102. The number of anilines is 2. The van der Waals surface area contributed by atoms with Crippen molar-refractivity contribution in [3.05, 3.63) is 42.2 Å². The largest absolute Gasteiger partial charge is 0.444 e. The number of nitrogens with zero attached hydrogens (tertiary/aromatic N) is 5. The third-order valence-corrected chi connectivity index (χ3v) is 7.73. The fourth-order valence-electron chi connectivity index (χ4n) is 5.26. The Hall–Kier alpha value is -3.38. The fraction of sp³-hybridized carbons (Fsp3) is 0.571. The summed E-state index contributed by atoms with van der Waals surface area (Å²) in [5.74, 6) is 1.57. The molecule has 0 unspecified atom stereocenters. The van der Waals surface area contributed by atoms with Crippen LogP contribution in [0.1, 0.15) is 73.6 Å². The number of nitrogens with one attached hydrogen (secondary N) is 2. The Labute approximate surface area is 232 Å². The van der Waals surface area contributed by atoms with Gasteiger partial charge in [-0.3, -0.25) is 9.48 Å². The van der Waals surface area contributed by atoms with Crippen molar-refractivity contribution < 1.29 is 18.0 Å². The maximum absolute atomic E-state index is 13.9. The van der Waals surface area contributed by atoms with Crippen LogP contribution < -0.4 is 16.4 Å². The number of hydrogen-bond acceptors (Lipinski definition) is 8. The van der Waals surface area contributed by atoms with E-state index in [0.29, 0.717) is 29.8 Å². The first-order valence-corrected chi connectivity index (χ1v) is 14.1. The third-order valence-electron chi connectivity index (χ3n) is 7.73. The number of carbonyl (C=O) groups is 1. The molecule has 40 heavy (non-hydrogen) atoms. The summed E-state index contributed by atoms with van der Waals surface area (Å²) in [5.41, 5.74) is 5.81. The minimum Gasteiger partial charge on any atom is -0.444 e. The molecule has 2 fully saturated rings. The van der Waals surface area contributed by atoms with E-state index in [1.807, 2.05) is 6.07 Å². The van der Waals surface area contributed by atoms with E-state index in [-0.39, 0.29) is 23.3 Å². The number of alkyl halides is 2. The minimum atomic E-state index is -2.82. The Morgan fingerprint density at radius 1 is 1.23 bits per heavy atom. The van der Waals surface area contributed by atoms with E-state index in [1.165, 1.54) is 25.3 Å². The topological polar surface area (TPSA) is 127 Å². The normalized spacial score (nSPS) is 19.4. The van der Waals surface area contributed by atoms with Crippen LogP contribution in [0.25, 0.3) is 11.5 Å². The highest BCUT2D eigenvalue weighted by atomic mass is 19.3. The van der Waals surface area contributed by atoms with Gasteiger partial charge in [-0.2, -0.15) is 5.10 Å². The molecule has 0 aliphatic heterocycles. The Balaban J connectivity index is 1.20. The maximum Gasteiger partial charge on any atom is 0.284 e. The molecular weight excluding hydrogens is 518 g/mol. The highest BCUT2D eigenvalue weighted by Gasteiger charge is 2.28. The summed E-state index contributed by atoms with van der Waals surface area (Å²) < 4.78 is 34.8. The van der Waals surface area contributed by atoms with Crippen LogP contribution >= 0.6 is 0 Å². The van der Waals surface area contributed by atoms with Gasteiger partial charge in [0.15, 0.2) is 11.4 Å². The molecule has 0 saturated heterocycles. The number of amides is 1. The van der Waals surface area contributed by atoms with Crippen LogP contribution in [0.15, 0.2) is 35.2 Å². The van der Waals surface area contributed by atoms with Crippen molar-refractivity contribution >= 4 is 17.4 Å². The molecule has 1 amide bonds. The van der Waals surface area contributed by atoms with Gasteiger partial charge in [-0.05, 0) is 89.1 Å². The van der Waals surface area contributed by atoms with Crippen molar-refractivity contribution in [1.82, 2.24) is 24.6 Å². The monoisotopic (exact) mass is 556 g/mol. The molecule has 3 aromatic heterocycles.